The van der Waals surface area contributed by atoms with E-state index in [1.807, 2.05) is 0 Å². The van der Waals surface area contributed by atoms with Gasteiger partial charge in [0.25, 0.3) is 0 Å². The third-order valence-corrected chi connectivity index (χ3v) is 1.15. The van der Waals surface area contributed by atoms with Gasteiger partial charge in [0, 0.05) is 5.69 Å². The molecular weight excluding hydrogens is 328 g/mol. The van der Waals surface area contributed by atoms with Crippen LogP contribution < -0.4 is 5.10 Å². The Labute approximate surface area is 85.0 Å². The Morgan fingerprint density at radius 2 is 2.50 bits per heavy atom. The van der Waals surface area contributed by atoms with E-state index in [9.17, 15) is 4.79 Å². The van der Waals surface area contributed by atoms with Gasteiger partial charge in [-0.05, 0) is 6.92 Å². The van der Waals surface area contributed by atoms with Crippen LogP contribution in [-0.2, 0) is 37.0 Å². The first-order chi connectivity index (χ1) is 5.33. The van der Waals surface area contributed by atoms with Crippen LogP contribution in [0.2, 0.25) is 0 Å². The fraction of sp³-hybridized carbons (Fsp3) is 0.429. The van der Waals surface area contributed by atoms with Crippen molar-refractivity contribution in [2.45, 2.75) is 13.3 Å². The number of hydrogen-bond acceptors (Lipinski definition) is 3. The van der Waals surface area contributed by atoms with E-state index in [-0.39, 0.29) is 33.5 Å². The van der Waals surface area contributed by atoms with E-state index in [4.69, 9.17) is 4.74 Å². The van der Waals surface area contributed by atoms with E-state index in [0.717, 1.165) is 0 Å². The van der Waals surface area contributed by atoms with Crippen molar-refractivity contribution in [2.24, 2.45) is 0 Å². The van der Waals surface area contributed by atoms with E-state index >= 15 is 0 Å². The number of carbonyl (C=O) groups is 1. The largest absolute Gasteiger partial charge is 2.00 e. The van der Waals surface area contributed by atoms with Gasteiger partial charge in [0.1, 0.15) is 0 Å². The van der Waals surface area contributed by atoms with Crippen LogP contribution >= 0.6 is 0 Å². The quantitative estimate of drug-likeness (QED) is 0.737. The second-order valence-corrected chi connectivity index (χ2v) is 2.00. The van der Waals surface area contributed by atoms with Gasteiger partial charge in [0.2, 0.25) is 0 Å². The average molecular weight is 337 g/mol. The van der Waals surface area contributed by atoms with Gasteiger partial charge in [-0.25, -0.2) is 0 Å². The summed E-state index contributed by atoms with van der Waals surface area (Å²) < 4.78 is 4.71. The molecule has 12 heavy (non-hydrogen) atoms. The molecular formula is C7H9N2O2W+. The number of hydrogen-bond donors (Lipinski definition) is 0. The molecule has 0 aliphatic carbocycles. The predicted octanol–water partition coefficient (Wildman–Crippen LogP) is 0.142. The van der Waals surface area contributed by atoms with E-state index in [0.29, 0.717) is 12.3 Å². The van der Waals surface area contributed by atoms with Crippen LogP contribution in [0.1, 0.15) is 12.6 Å². The normalized spacial score (nSPS) is 8.75. The molecule has 0 N–H and O–H groups in total. The Hall–Kier alpha value is -0.632. The van der Waals surface area contributed by atoms with Crippen molar-refractivity contribution in [3.8, 4) is 0 Å². The smallest absolute Gasteiger partial charge is 0.581 e. The average Bonchev–Trinajstić information content (AvgIpc) is 2.40. The number of carbonyl (C=O) groups excluding carboxylic acids is 1. The van der Waals surface area contributed by atoms with Gasteiger partial charge in [0.15, 0.2) is 0 Å². The topological polar surface area (TPSA) is 53.3 Å². The first kappa shape index (κ1) is 11.4. The molecule has 1 heterocycles. The summed E-state index contributed by atoms with van der Waals surface area (Å²) in [4.78, 5) is 10.8. The molecule has 0 aliphatic rings. The van der Waals surface area contributed by atoms with Crippen LogP contribution in [-0.4, -0.2) is 17.7 Å². The fourth-order valence-corrected chi connectivity index (χ4v) is 0.714. The summed E-state index contributed by atoms with van der Waals surface area (Å²) in [6.45, 7) is 2.18. The minimum atomic E-state index is -0.256. The Kier molecular flexibility index (Phi) is 5.64. The zero-order valence-corrected chi connectivity index (χ0v) is 9.62. The molecule has 0 saturated carbocycles. The summed E-state index contributed by atoms with van der Waals surface area (Å²) in [5.41, 5.74) is 0.656. The van der Waals surface area contributed by atoms with E-state index in [1.165, 1.54) is 0 Å². The first-order valence-electron chi connectivity index (χ1n) is 3.41. The molecule has 0 saturated heterocycles. The molecule has 5 heteroatoms. The maximum atomic E-state index is 10.8. The molecule has 1 rings (SSSR count). The second kappa shape index (κ2) is 5.95. The monoisotopic (exact) mass is 337 g/mol. The van der Waals surface area contributed by atoms with Gasteiger partial charge in [-0.3, -0.25) is 4.79 Å². The Morgan fingerprint density at radius 1 is 1.75 bits per heavy atom. The van der Waals surface area contributed by atoms with Crippen LogP contribution in [0.3, 0.4) is 0 Å². The van der Waals surface area contributed by atoms with Crippen molar-refractivity contribution in [3.63, 3.8) is 0 Å². The van der Waals surface area contributed by atoms with Crippen LogP contribution in [0.15, 0.2) is 12.3 Å². The minimum absolute atomic E-state index is 0. The van der Waals surface area contributed by atoms with Crippen LogP contribution in [0.5, 0.6) is 0 Å². The molecule has 0 spiro atoms. The van der Waals surface area contributed by atoms with Crippen LogP contribution in [0, 0.1) is 0 Å². The standard InChI is InChI=1S/C7H9N2O2.W/c1-2-11-7(10)5-6-3-4-8-9-6;/h3-4H,2,5H2,1H3;/q-1;+2. The van der Waals surface area contributed by atoms with E-state index in [1.54, 1.807) is 19.2 Å². The van der Waals surface area contributed by atoms with Gasteiger partial charge in [0.05, 0.1) is 13.0 Å². The molecule has 1 aromatic heterocycles. The van der Waals surface area contributed by atoms with Crippen molar-refractivity contribution in [1.29, 1.82) is 0 Å². The van der Waals surface area contributed by atoms with Gasteiger partial charge in [-0.15, -0.1) is 0 Å². The number of ether oxygens (including phenoxy) is 1. The number of aromatic nitrogens is 2. The molecule has 1 aromatic rings. The second-order valence-electron chi connectivity index (χ2n) is 2.00. The molecule has 0 bridgehead atoms. The third kappa shape index (κ3) is 3.67. The number of esters is 1. The van der Waals surface area contributed by atoms with Gasteiger partial charge >= 0.3 is 27.0 Å². The SMILES string of the molecule is CCOC(=O)Cc1cc[n-]n1.[W+2]. The minimum Gasteiger partial charge on any atom is -0.581 e. The van der Waals surface area contributed by atoms with Crippen molar-refractivity contribution in [1.82, 2.24) is 10.2 Å². The van der Waals surface area contributed by atoms with Crippen molar-refractivity contribution in [3.05, 3.63) is 18.0 Å². The summed E-state index contributed by atoms with van der Waals surface area (Å²) in [6.07, 6.45) is 1.77. The van der Waals surface area contributed by atoms with E-state index < -0.39 is 0 Å². The molecule has 0 radical (unpaired) electrons. The Balaban J connectivity index is 0.00000121. The molecule has 4 nitrogen and oxygen atoms in total. The molecule has 0 aromatic carbocycles. The number of rotatable bonds is 3. The molecule has 64 valence electrons. The summed E-state index contributed by atoms with van der Waals surface area (Å²) >= 11 is 0. The fourth-order valence-electron chi connectivity index (χ4n) is 0.714. The van der Waals surface area contributed by atoms with Crippen molar-refractivity contribution < 1.29 is 30.6 Å². The van der Waals surface area contributed by atoms with Gasteiger partial charge in [-0.1, -0.05) is 6.07 Å². The van der Waals surface area contributed by atoms with Gasteiger partial charge in [-0.2, -0.15) is 6.20 Å². The van der Waals surface area contributed by atoms with Crippen molar-refractivity contribution in [2.75, 3.05) is 6.61 Å². The first-order valence-corrected chi connectivity index (χ1v) is 3.41. The summed E-state index contributed by atoms with van der Waals surface area (Å²) in [7, 11) is 0. The maximum Gasteiger partial charge on any atom is 2.00 e. The number of nitrogens with zero attached hydrogens (tertiary/aromatic N) is 2. The Morgan fingerprint density at radius 3 is 3.00 bits per heavy atom. The molecule has 0 atom stereocenters. The van der Waals surface area contributed by atoms with Crippen LogP contribution in [0.4, 0.5) is 0 Å². The molecule has 0 unspecified atom stereocenters. The maximum absolute atomic E-state index is 10.8. The Bertz CT molecular complexity index is 223. The summed E-state index contributed by atoms with van der Waals surface area (Å²) in [5.74, 6) is -0.256. The summed E-state index contributed by atoms with van der Waals surface area (Å²) in [6, 6.07) is 1.69. The van der Waals surface area contributed by atoms with Gasteiger partial charge < -0.3 is 14.9 Å². The van der Waals surface area contributed by atoms with E-state index in [2.05, 4.69) is 10.2 Å². The molecule has 0 fully saturated rings. The molecule has 0 amide bonds. The summed E-state index contributed by atoms with van der Waals surface area (Å²) in [5, 5.41) is 7.27. The third-order valence-electron chi connectivity index (χ3n) is 1.15. The van der Waals surface area contributed by atoms with Crippen molar-refractivity contribution >= 4 is 5.97 Å². The predicted molar refractivity (Wildman–Crippen MR) is 37.9 cm³/mol. The zero-order valence-electron chi connectivity index (χ0n) is 6.69. The van der Waals surface area contributed by atoms with Crippen LogP contribution in [0.25, 0.3) is 0 Å². The molecule has 0 aliphatic heterocycles. The zero-order chi connectivity index (χ0) is 8.10.